The highest BCUT2D eigenvalue weighted by atomic mass is 32.2. The van der Waals surface area contributed by atoms with Crippen LogP contribution in [0.25, 0.3) is 17.1 Å². The molecule has 1 aliphatic rings. The lowest BCUT2D eigenvalue weighted by atomic mass is 10.1. The molecule has 2 amide bonds. The lowest BCUT2D eigenvalue weighted by Gasteiger charge is -2.40. The summed E-state index contributed by atoms with van der Waals surface area (Å²) in [4.78, 5) is 29.6. The van der Waals surface area contributed by atoms with Gasteiger partial charge in [-0.15, -0.1) is 10.2 Å². The van der Waals surface area contributed by atoms with Crippen LogP contribution in [0.5, 0.6) is 5.75 Å². The Morgan fingerprint density at radius 1 is 1.00 bits per heavy atom. The third-order valence-corrected chi connectivity index (χ3v) is 7.53. The third kappa shape index (κ3) is 5.80. The number of amides is 2. The molecule has 1 saturated heterocycles. The Morgan fingerprint density at radius 2 is 1.79 bits per heavy atom. The number of thioether (sulfide) groups is 1. The molecule has 0 N–H and O–H groups in total. The normalized spacial score (nSPS) is 15.3. The highest BCUT2D eigenvalue weighted by Crippen LogP contribution is 2.30. The van der Waals surface area contributed by atoms with Crippen LogP contribution in [0.2, 0.25) is 0 Å². The number of hydrogen-bond acceptors (Lipinski definition) is 6. The summed E-state index contributed by atoms with van der Waals surface area (Å²) in [6.07, 6.45) is 0. The minimum absolute atomic E-state index is 0.0461. The first kappa shape index (κ1) is 26.4. The van der Waals surface area contributed by atoms with Crippen molar-refractivity contribution >= 4 is 23.6 Å². The molecule has 0 radical (unpaired) electrons. The number of nitrogens with zero attached hydrogens (tertiary/aromatic N) is 5. The largest absolute Gasteiger partial charge is 0.497 e. The van der Waals surface area contributed by atoms with Gasteiger partial charge in [-0.25, -0.2) is 4.39 Å². The summed E-state index contributed by atoms with van der Waals surface area (Å²) in [5.41, 5.74) is 2.04. The van der Waals surface area contributed by atoms with E-state index in [2.05, 4.69) is 10.2 Å². The van der Waals surface area contributed by atoms with E-state index < -0.39 is 5.82 Å². The Labute approximate surface area is 230 Å². The van der Waals surface area contributed by atoms with Crippen LogP contribution in [-0.4, -0.2) is 74.9 Å². The number of rotatable bonds is 7. The maximum Gasteiger partial charge on any atom is 0.254 e. The van der Waals surface area contributed by atoms with Crippen molar-refractivity contribution in [3.05, 3.63) is 90.2 Å². The average Bonchev–Trinajstić information content (AvgIpc) is 3.40. The molecule has 8 nitrogen and oxygen atoms in total. The predicted molar refractivity (Wildman–Crippen MR) is 148 cm³/mol. The fourth-order valence-electron chi connectivity index (χ4n) is 4.61. The van der Waals surface area contributed by atoms with Gasteiger partial charge in [0.25, 0.3) is 5.91 Å². The minimum Gasteiger partial charge on any atom is -0.497 e. The monoisotopic (exact) mass is 545 g/mol. The molecule has 1 fully saturated rings. The molecule has 4 aromatic rings. The van der Waals surface area contributed by atoms with Gasteiger partial charge in [-0.05, 0) is 49.4 Å². The SMILES string of the molecule is COc1cccc(-c2nnc(SCC(=O)N3CCN(C(=O)c4cccc(F)c4)C(C)C3)n2-c2ccccc2)c1. The molecule has 5 rings (SSSR count). The summed E-state index contributed by atoms with van der Waals surface area (Å²) < 4.78 is 20.9. The number of para-hydroxylation sites is 1. The van der Waals surface area contributed by atoms with Crippen LogP contribution in [0.1, 0.15) is 17.3 Å². The second kappa shape index (κ2) is 11.7. The fourth-order valence-corrected chi connectivity index (χ4v) is 5.47. The Kier molecular flexibility index (Phi) is 7.92. The predicted octanol–water partition coefficient (Wildman–Crippen LogP) is 4.55. The van der Waals surface area contributed by atoms with E-state index in [-0.39, 0.29) is 23.6 Å². The molecule has 1 aliphatic heterocycles. The van der Waals surface area contributed by atoms with Gasteiger partial charge in [0.1, 0.15) is 11.6 Å². The maximum absolute atomic E-state index is 13.6. The zero-order chi connectivity index (χ0) is 27.4. The highest BCUT2D eigenvalue weighted by molar-refractivity contribution is 7.99. The molecule has 1 atom stereocenters. The van der Waals surface area contributed by atoms with Crippen molar-refractivity contribution in [3.8, 4) is 22.8 Å². The molecular formula is C29H28FN5O3S. The first-order chi connectivity index (χ1) is 18.9. The van der Waals surface area contributed by atoms with E-state index in [0.717, 1.165) is 11.3 Å². The number of benzene rings is 3. The number of carbonyl (C=O) groups is 2. The summed E-state index contributed by atoms with van der Waals surface area (Å²) >= 11 is 1.32. The number of aromatic nitrogens is 3. The van der Waals surface area contributed by atoms with Gasteiger partial charge in [-0.1, -0.05) is 48.2 Å². The number of ether oxygens (including phenoxy) is 1. The van der Waals surface area contributed by atoms with Crippen LogP contribution < -0.4 is 4.74 Å². The van der Waals surface area contributed by atoms with Gasteiger partial charge in [0.05, 0.1) is 12.9 Å². The van der Waals surface area contributed by atoms with Gasteiger partial charge < -0.3 is 14.5 Å². The van der Waals surface area contributed by atoms with Gasteiger partial charge in [0.15, 0.2) is 11.0 Å². The number of halogens is 1. The zero-order valence-corrected chi connectivity index (χ0v) is 22.5. The van der Waals surface area contributed by atoms with Crippen LogP contribution in [0.15, 0.2) is 84.0 Å². The van der Waals surface area contributed by atoms with E-state index in [4.69, 9.17) is 4.74 Å². The lowest BCUT2D eigenvalue weighted by Crippen LogP contribution is -2.55. The topological polar surface area (TPSA) is 80.6 Å². The third-order valence-electron chi connectivity index (χ3n) is 6.61. The van der Waals surface area contributed by atoms with Crippen molar-refractivity contribution in [1.82, 2.24) is 24.6 Å². The molecule has 39 heavy (non-hydrogen) atoms. The van der Waals surface area contributed by atoms with E-state index in [1.165, 1.54) is 30.0 Å². The van der Waals surface area contributed by atoms with Crippen LogP contribution in [0.4, 0.5) is 4.39 Å². The highest BCUT2D eigenvalue weighted by Gasteiger charge is 2.30. The Bertz CT molecular complexity index is 1480. The second-order valence-corrected chi connectivity index (χ2v) is 10.1. The van der Waals surface area contributed by atoms with Gasteiger partial charge in [0.2, 0.25) is 5.91 Å². The maximum atomic E-state index is 13.6. The van der Waals surface area contributed by atoms with Crippen LogP contribution in [-0.2, 0) is 4.79 Å². The number of hydrogen-bond donors (Lipinski definition) is 0. The van der Waals surface area contributed by atoms with Crippen molar-refractivity contribution in [1.29, 1.82) is 0 Å². The standard InChI is InChI=1S/C29H28FN5O3S/c1-20-18-33(14-15-34(20)28(37)22-9-6-10-23(30)16-22)26(36)19-39-29-32-31-27(21-8-7-13-25(17-21)38-2)35(29)24-11-4-3-5-12-24/h3-13,16-17,20H,14-15,18-19H2,1-2H3. The number of methoxy groups -OCH3 is 1. The first-order valence-corrected chi connectivity index (χ1v) is 13.6. The molecule has 0 aliphatic carbocycles. The van der Waals surface area contributed by atoms with E-state index in [1.54, 1.807) is 23.0 Å². The quantitative estimate of drug-likeness (QED) is 0.317. The van der Waals surface area contributed by atoms with Gasteiger partial charge in [-0.3, -0.25) is 14.2 Å². The molecule has 1 unspecified atom stereocenters. The fraction of sp³-hybridized carbons (Fsp3) is 0.241. The number of carbonyl (C=O) groups excluding carboxylic acids is 2. The Hall–Kier alpha value is -4.18. The first-order valence-electron chi connectivity index (χ1n) is 12.6. The summed E-state index contributed by atoms with van der Waals surface area (Å²) in [6.45, 7) is 3.09. The summed E-state index contributed by atoms with van der Waals surface area (Å²) in [7, 11) is 1.62. The van der Waals surface area contributed by atoms with E-state index >= 15 is 0 Å². The smallest absolute Gasteiger partial charge is 0.254 e. The zero-order valence-electron chi connectivity index (χ0n) is 21.7. The van der Waals surface area contributed by atoms with Gasteiger partial charge in [0, 0.05) is 42.5 Å². The summed E-state index contributed by atoms with van der Waals surface area (Å²) in [6, 6.07) is 22.9. The van der Waals surface area contributed by atoms with Crippen molar-refractivity contribution in [2.45, 2.75) is 18.1 Å². The molecule has 3 aromatic carbocycles. The van der Waals surface area contributed by atoms with E-state index in [9.17, 15) is 14.0 Å². The molecule has 2 heterocycles. The minimum atomic E-state index is -0.447. The molecule has 0 saturated carbocycles. The van der Waals surface area contributed by atoms with E-state index in [0.29, 0.717) is 41.9 Å². The molecule has 1 aromatic heterocycles. The second-order valence-electron chi connectivity index (χ2n) is 9.20. The van der Waals surface area contributed by atoms with Crippen molar-refractivity contribution in [2.75, 3.05) is 32.5 Å². The number of piperazine rings is 1. The summed E-state index contributed by atoms with van der Waals surface area (Å²) in [5, 5.41) is 9.46. The Balaban J connectivity index is 1.29. The molecule has 10 heteroatoms. The Morgan fingerprint density at radius 3 is 2.54 bits per heavy atom. The molecule has 0 spiro atoms. The van der Waals surface area contributed by atoms with Crippen molar-refractivity contribution in [2.24, 2.45) is 0 Å². The van der Waals surface area contributed by atoms with Gasteiger partial charge >= 0.3 is 0 Å². The molecule has 200 valence electrons. The average molecular weight is 546 g/mol. The van der Waals surface area contributed by atoms with Crippen molar-refractivity contribution < 1.29 is 18.7 Å². The molecule has 0 bridgehead atoms. The van der Waals surface area contributed by atoms with Crippen LogP contribution in [0, 0.1) is 5.82 Å². The van der Waals surface area contributed by atoms with Gasteiger partial charge in [-0.2, -0.15) is 0 Å². The molecular weight excluding hydrogens is 517 g/mol. The van der Waals surface area contributed by atoms with Crippen molar-refractivity contribution in [3.63, 3.8) is 0 Å². The lowest BCUT2D eigenvalue weighted by molar-refractivity contribution is -0.130. The van der Waals surface area contributed by atoms with E-state index in [1.807, 2.05) is 66.1 Å². The van der Waals surface area contributed by atoms with Crippen LogP contribution >= 0.6 is 11.8 Å². The summed E-state index contributed by atoms with van der Waals surface area (Å²) in [5.74, 6) is 0.807. The van der Waals surface area contributed by atoms with Crippen LogP contribution in [0.3, 0.4) is 0 Å².